The zero-order valence-corrected chi connectivity index (χ0v) is 17.1. The second kappa shape index (κ2) is 9.66. The van der Waals surface area contributed by atoms with Crippen LogP contribution in [0.4, 0.5) is 0 Å². The lowest BCUT2D eigenvalue weighted by Gasteiger charge is -2.12. The molecule has 146 valence electrons. The van der Waals surface area contributed by atoms with Gasteiger partial charge in [-0.2, -0.15) is 0 Å². The highest BCUT2D eigenvalue weighted by Gasteiger charge is 2.16. The summed E-state index contributed by atoms with van der Waals surface area (Å²) in [5.41, 5.74) is 1.65. The highest BCUT2D eigenvalue weighted by atomic mass is 32.2. The normalized spacial score (nSPS) is 10.9. The minimum atomic E-state index is -0.532. The maximum Gasteiger partial charge on any atom is 0.313 e. The fraction of sp³-hybridized carbons (Fsp3) is 0.300. The van der Waals surface area contributed by atoms with Gasteiger partial charge in [-0.05, 0) is 30.4 Å². The Morgan fingerprint density at radius 1 is 1.21 bits per heavy atom. The molecule has 0 aliphatic rings. The van der Waals surface area contributed by atoms with Gasteiger partial charge < -0.3 is 4.74 Å². The number of fused-ring (bicyclic) bond motifs is 1. The van der Waals surface area contributed by atoms with Crippen molar-refractivity contribution in [2.24, 2.45) is 0 Å². The smallest absolute Gasteiger partial charge is 0.313 e. The van der Waals surface area contributed by atoms with Crippen LogP contribution in [-0.2, 0) is 27.3 Å². The van der Waals surface area contributed by atoms with Gasteiger partial charge in [-0.3, -0.25) is 19.0 Å². The maximum atomic E-state index is 12.9. The number of thiophene rings is 1. The molecule has 2 aromatic heterocycles. The van der Waals surface area contributed by atoms with Crippen LogP contribution >= 0.6 is 23.1 Å². The highest BCUT2D eigenvalue weighted by molar-refractivity contribution is 7.99. The molecule has 0 bridgehead atoms. The van der Waals surface area contributed by atoms with E-state index < -0.39 is 5.97 Å². The molecule has 0 saturated heterocycles. The van der Waals surface area contributed by atoms with E-state index in [4.69, 9.17) is 4.74 Å². The van der Waals surface area contributed by atoms with Crippen LogP contribution in [0.1, 0.15) is 18.9 Å². The van der Waals surface area contributed by atoms with Crippen molar-refractivity contribution in [3.63, 3.8) is 0 Å². The molecule has 0 saturated carbocycles. The molecule has 8 heteroatoms. The summed E-state index contributed by atoms with van der Waals surface area (Å²) in [5.74, 6) is -0.722. The molecule has 1 aromatic carbocycles. The van der Waals surface area contributed by atoms with Crippen LogP contribution in [-0.4, -0.2) is 33.7 Å². The van der Waals surface area contributed by atoms with E-state index in [2.05, 4.69) is 4.98 Å². The first-order valence-electron chi connectivity index (χ1n) is 8.90. The third-order valence-corrected chi connectivity index (χ3v) is 5.93. The number of ketones is 1. The Morgan fingerprint density at radius 2 is 2.00 bits per heavy atom. The highest BCUT2D eigenvalue weighted by Crippen LogP contribution is 2.21. The molecule has 0 atom stereocenters. The van der Waals surface area contributed by atoms with Crippen molar-refractivity contribution in [1.82, 2.24) is 9.55 Å². The van der Waals surface area contributed by atoms with E-state index in [1.54, 1.807) is 17.6 Å². The fourth-order valence-corrected chi connectivity index (χ4v) is 4.35. The molecule has 0 spiro atoms. The monoisotopic (exact) mass is 416 g/mol. The lowest BCUT2D eigenvalue weighted by Crippen LogP contribution is -2.24. The molecule has 0 N–H and O–H groups in total. The lowest BCUT2D eigenvalue weighted by atomic mass is 10.1. The second-order valence-electron chi connectivity index (χ2n) is 6.03. The molecule has 0 aliphatic carbocycles. The summed E-state index contributed by atoms with van der Waals surface area (Å²) in [7, 11) is 0. The van der Waals surface area contributed by atoms with Crippen LogP contribution in [0.2, 0.25) is 0 Å². The van der Waals surface area contributed by atoms with Crippen LogP contribution < -0.4 is 5.56 Å². The Bertz CT molecular complexity index is 1030. The van der Waals surface area contributed by atoms with Crippen molar-refractivity contribution in [1.29, 1.82) is 0 Å². The Hall–Kier alpha value is -2.45. The zero-order valence-electron chi connectivity index (χ0n) is 15.4. The van der Waals surface area contributed by atoms with E-state index in [9.17, 15) is 14.4 Å². The van der Waals surface area contributed by atoms with E-state index in [1.165, 1.54) is 23.1 Å². The van der Waals surface area contributed by atoms with Gasteiger partial charge in [-0.1, -0.05) is 42.1 Å². The first-order chi connectivity index (χ1) is 13.6. The summed E-state index contributed by atoms with van der Waals surface area (Å²) in [6.07, 6.45) is 0.416. The second-order valence-corrected chi connectivity index (χ2v) is 7.89. The Kier molecular flexibility index (Phi) is 7.00. The number of carbonyl (C=O) groups is 2. The largest absolute Gasteiger partial charge is 0.466 e. The molecule has 28 heavy (non-hydrogen) atoms. The summed E-state index contributed by atoms with van der Waals surface area (Å²) in [5, 5.41) is 2.32. The van der Waals surface area contributed by atoms with Gasteiger partial charge in [0.1, 0.15) is 11.1 Å². The fourth-order valence-electron chi connectivity index (χ4n) is 2.69. The first kappa shape index (κ1) is 20.3. The molecular weight excluding hydrogens is 396 g/mol. The van der Waals surface area contributed by atoms with E-state index >= 15 is 0 Å². The number of aryl methyl sites for hydroxylation is 1. The molecular formula is C20H20N2O4S2. The predicted molar refractivity (Wildman–Crippen MR) is 111 cm³/mol. The quantitative estimate of drug-likeness (QED) is 0.230. The van der Waals surface area contributed by atoms with E-state index in [1.807, 2.05) is 35.7 Å². The van der Waals surface area contributed by atoms with Gasteiger partial charge in [0.25, 0.3) is 5.56 Å². The molecule has 3 rings (SSSR count). The molecule has 0 unspecified atom stereocenters. The summed E-state index contributed by atoms with van der Waals surface area (Å²) in [6.45, 7) is 2.41. The van der Waals surface area contributed by atoms with Gasteiger partial charge in [0.05, 0.1) is 17.9 Å². The van der Waals surface area contributed by atoms with E-state index in [0.29, 0.717) is 28.3 Å². The van der Waals surface area contributed by atoms with E-state index in [-0.39, 0.29) is 30.1 Å². The molecule has 0 fully saturated rings. The Morgan fingerprint density at radius 3 is 2.75 bits per heavy atom. The van der Waals surface area contributed by atoms with Gasteiger partial charge in [-0.25, -0.2) is 4.98 Å². The number of carbonyl (C=O) groups excluding carboxylic acids is 2. The SMILES string of the molecule is CCOC(=O)CC(=O)CSc1nc2ccsc2c(=O)n1CCc1ccccc1. The first-order valence-corrected chi connectivity index (χ1v) is 10.8. The number of hydrogen-bond acceptors (Lipinski definition) is 7. The van der Waals surface area contributed by atoms with Crippen LogP contribution in [0.3, 0.4) is 0 Å². The summed E-state index contributed by atoms with van der Waals surface area (Å²) < 4.78 is 7.03. The number of nitrogens with zero attached hydrogens (tertiary/aromatic N) is 2. The molecule has 6 nitrogen and oxygen atoms in total. The maximum absolute atomic E-state index is 12.9. The van der Waals surface area contributed by atoms with Crippen LogP contribution in [0.15, 0.2) is 51.7 Å². The average molecular weight is 417 g/mol. The van der Waals surface area contributed by atoms with Crippen LogP contribution in [0.25, 0.3) is 10.2 Å². The number of benzene rings is 1. The predicted octanol–water partition coefficient (Wildman–Crippen LogP) is 3.32. The van der Waals surface area contributed by atoms with Crippen molar-refractivity contribution in [3.05, 3.63) is 57.7 Å². The number of hydrogen-bond donors (Lipinski definition) is 0. The summed E-state index contributed by atoms with van der Waals surface area (Å²) in [6, 6.07) is 11.7. The van der Waals surface area contributed by atoms with Crippen LogP contribution in [0.5, 0.6) is 0 Å². The number of Topliss-reactive ketones (excluding diaryl/α,β-unsaturated/α-hetero) is 1. The number of rotatable bonds is 9. The van der Waals surface area contributed by atoms with Crippen LogP contribution in [0, 0.1) is 0 Å². The third-order valence-electron chi connectivity index (χ3n) is 4.01. The van der Waals surface area contributed by atoms with Crippen molar-refractivity contribution < 1.29 is 14.3 Å². The van der Waals surface area contributed by atoms with Gasteiger partial charge in [-0.15, -0.1) is 11.3 Å². The van der Waals surface area contributed by atoms with E-state index in [0.717, 1.165) is 5.56 Å². The zero-order chi connectivity index (χ0) is 19.9. The molecule has 3 aromatic rings. The van der Waals surface area contributed by atoms with Gasteiger partial charge in [0.2, 0.25) is 0 Å². The minimum Gasteiger partial charge on any atom is -0.466 e. The number of thioether (sulfide) groups is 1. The topological polar surface area (TPSA) is 78.3 Å². The van der Waals surface area contributed by atoms with Gasteiger partial charge in [0.15, 0.2) is 10.9 Å². The van der Waals surface area contributed by atoms with Gasteiger partial charge in [0, 0.05) is 6.54 Å². The number of esters is 1. The van der Waals surface area contributed by atoms with Crippen molar-refractivity contribution in [2.75, 3.05) is 12.4 Å². The molecule has 0 radical (unpaired) electrons. The van der Waals surface area contributed by atoms with Crippen molar-refractivity contribution in [3.8, 4) is 0 Å². The standard InChI is InChI=1S/C20H20N2O4S2/c1-2-26-17(24)12-15(23)13-28-20-21-16-9-11-27-18(16)19(25)22(20)10-8-14-6-4-3-5-7-14/h3-7,9,11H,2,8,10,12-13H2,1H3. The lowest BCUT2D eigenvalue weighted by molar-refractivity contribution is -0.145. The molecule has 0 amide bonds. The van der Waals surface area contributed by atoms with Crippen molar-refractivity contribution in [2.45, 2.75) is 31.5 Å². The third kappa shape index (κ3) is 5.08. The van der Waals surface area contributed by atoms with Crippen molar-refractivity contribution >= 4 is 45.1 Å². The van der Waals surface area contributed by atoms with Gasteiger partial charge >= 0.3 is 5.97 Å². The summed E-state index contributed by atoms with van der Waals surface area (Å²) >= 11 is 2.55. The Balaban J connectivity index is 1.78. The molecule has 2 heterocycles. The summed E-state index contributed by atoms with van der Waals surface area (Å²) in [4.78, 5) is 41.0. The number of aromatic nitrogens is 2. The molecule has 0 aliphatic heterocycles. The number of ether oxygens (including phenoxy) is 1. The average Bonchev–Trinajstić information content (AvgIpc) is 3.15. The minimum absolute atomic E-state index is 0.0617. The Labute approximate surface area is 170 Å².